The van der Waals surface area contributed by atoms with Crippen molar-refractivity contribution >= 4 is 31.7 Å². The maximum atomic E-state index is 12.4. The molecule has 1 aliphatic rings. The number of halogens is 1. The van der Waals surface area contributed by atoms with Crippen LogP contribution in [0.15, 0.2) is 22.7 Å². The lowest BCUT2D eigenvalue weighted by Crippen LogP contribution is -2.49. The van der Waals surface area contributed by atoms with Crippen LogP contribution in [0.25, 0.3) is 0 Å². The summed E-state index contributed by atoms with van der Waals surface area (Å²) in [5, 5.41) is 0. The number of aryl methyl sites for hydroxylation is 1. The van der Waals surface area contributed by atoms with Crippen LogP contribution in [0.4, 0.5) is 0 Å². The van der Waals surface area contributed by atoms with Crippen LogP contribution in [0, 0.1) is 0 Å². The highest BCUT2D eigenvalue weighted by molar-refractivity contribution is 9.10. The summed E-state index contributed by atoms with van der Waals surface area (Å²) in [5.74, 6) is 1.10. The summed E-state index contributed by atoms with van der Waals surface area (Å²) in [7, 11) is -1.31. The molecule has 0 N–H and O–H groups in total. The van der Waals surface area contributed by atoms with Crippen LogP contribution in [0.5, 0.6) is 5.75 Å². The summed E-state index contributed by atoms with van der Waals surface area (Å²) in [6, 6.07) is 5.85. The molecular weight excluding hydrogens is 408 g/mol. The number of benzene rings is 1. The van der Waals surface area contributed by atoms with Gasteiger partial charge >= 0.3 is 0 Å². The van der Waals surface area contributed by atoms with Crippen molar-refractivity contribution in [2.24, 2.45) is 0 Å². The first kappa shape index (κ1) is 20.2. The molecule has 1 heterocycles. The van der Waals surface area contributed by atoms with Gasteiger partial charge in [0.1, 0.15) is 15.6 Å². The molecule has 0 aromatic heterocycles. The number of nitrogens with zero attached hydrogens (tertiary/aromatic N) is 2. The maximum absolute atomic E-state index is 12.4. The van der Waals surface area contributed by atoms with Gasteiger partial charge in [-0.2, -0.15) is 0 Å². The third kappa shape index (κ3) is 6.60. The van der Waals surface area contributed by atoms with Crippen molar-refractivity contribution in [2.75, 3.05) is 51.8 Å². The Morgan fingerprint density at radius 1 is 1.24 bits per heavy atom. The van der Waals surface area contributed by atoms with Crippen molar-refractivity contribution in [1.29, 1.82) is 0 Å². The Morgan fingerprint density at radius 3 is 2.48 bits per heavy atom. The van der Waals surface area contributed by atoms with E-state index in [4.69, 9.17) is 4.74 Å². The first-order valence-corrected chi connectivity index (χ1v) is 11.1. The van der Waals surface area contributed by atoms with Crippen molar-refractivity contribution in [1.82, 2.24) is 9.80 Å². The number of ether oxygens (including phenoxy) is 1. The van der Waals surface area contributed by atoms with Gasteiger partial charge < -0.3 is 9.64 Å². The molecule has 2 rings (SSSR count). The molecule has 1 amide bonds. The highest BCUT2D eigenvalue weighted by Gasteiger charge is 2.21. The molecule has 1 aliphatic heterocycles. The normalized spacial score (nSPS) is 16.0. The van der Waals surface area contributed by atoms with E-state index in [2.05, 4.69) is 20.8 Å². The molecular formula is C17H25BrN2O4S. The minimum absolute atomic E-state index is 0.148. The van der Waals surface area contributed by atoms with E-state index in [9.17, 15) is 13.2 Å². The molecule has 0 atom stereocenters. The van der Waals surface area contributed by atoms with Gasteiger partial charge in [-0.15, -0.1) is 0 Å². The topological polar surface area (TPSA) is 66.9 Å². The molecule has 1 fully saturated rings. The van der Waals surface area contributed by atoms with Crippen LogP contribution < -0.4 is 4.74 Å². The predicted octanol–water partition coefficient (Wildman–Crippen LogP) is 1.58. The van der Waals surface area contributed by atoms with Crippen molar-refractivity contribution in [3.05, 3.63) is 28.2 Å². The molecule has 6 nitrogen and oxygen atoms in total. The molecule has 0 saturated carbocycles. The highest BCUT2D eigenvalue weighted by atomic mass is 79.9. The van der Waals surface area contributed by atoms with E-state index in [-0.39, 0.29) is 11.7 Å². The Labute approximate surface area is 158 Å². The zero-order valence-corrected chi connectivity index (χ0v) is 17.1. The lowest BCUT2D eigenvalue weighted by Gasteiger charge is -2.34. The maximum Gasteiger partial charge on any atom is 0.222 e. The van der Waals surface area contributed by atoms with Gasteiger partial charge in [0.05, 0.1) is 17.3 Å². The van der Waals surface area contributed by atoms with E-state index in [0.29, 0.717) is 32.5 Å². The second-order valence-electron chi connectivity index (χ2n) is 6.32. The Kier molecular flexibility index (Phi) is 7.27. The van der Waals surface area contributed by atoms with E-state index < -0.39 is 9.84 Å². The molecule has 0 radical (unpaired) electrons. The summed E-state index contributed by atoms with van der Waals surface area (Å²) in [5.41, 5.74) is 1.09. The van der Waals surface area contributed by atoms with Crippen LogP contribution in [-0.2, 0) is 21.1 Å². The van der Waals surface area contributed by atoms with Crippen LogP contribution >= 0.6 is 15.9 Å². The van der Waals surface area contributed by atoms with E-state index in [1.807, 2.05) is 23.1 Å². The predicted molar refractivity (Wildman–Crippen MR) is 102 cm³/mol. The van der Waals surface area contributed by atoms with E-state index in [0.717, 1.165) is 28.9 Å². The third-order valence-corrected chi connectivity index (χ3v) is 5.89. The standard InChI is InChI=1S/C17H25BrN2O4S/c1-24-16-5-3-14(13-15(16)18)4-6-17(21)20-9-7-19(8-10-20)11-12-25(2,22)23/h3,5,13H,4,6-12H2,1-2H3. The molecule has 1 aromatic rings. The number of rotatable bonds is 7. The SMILES string of the molecule is COc1ccc(CCC(=O)N2CCN(CCS(C)(=O)=O)CC2)cc1Br. The number of hydrogen-bond donors (Lipinski definition) is 0. The monoisotopic (exact) mass is 432 g/mol. The van der Waals surface area contributed by atoms with Gasteiger partial charge in [-0.05, 0) is 40.0 Å². The first-order chi connectivity index (χ1) is 11.8. The lowest BCUT2D eigenvalue weighted by molar-refractivity contribution is -0.132. The fraction of sp³-hybridized carbons (Fsp3) is 0.588. The second kappa shape index (κ2) is 9.00. The number of methoxy groups -OCH3 is 1. The summed E-state index contributed by atoms with van der Waals surface area (Å²) in [6.45, 7) is 3.33. The molecule has 0 spiro atoms. The average molecular weight is 433 g/mol. The number of piperazine rings is 1. The molecule has 1 aromatic carbocycles. The minimum Gasteiger partial charge on any atom is -0.496 e. The van der Waals surface area contributed by atoms with Crippen LogP contribution in [-0.4, -0.2) is 76.0 Å². The van der Waals surface area contributed by atoms with E-state index >= 15 is 0 Å². The largest absolute Gasteiger partial charge is 0.496 e. The van der Waals surface area contributed by atoms with Gasteiger partial charge in [0.25, 0.3) is 0 Å². The molecule has 0 unspecified atom stereocenters. The van der Waals surface area contributed by atoms with E-state index in [1.165, 1.54) is 6.26 Å². The number of carbonyl (C=O) groups is 1. The number of amides is 1. The van der Waals surface area contributed by atoms with Crippen LogP contribution in [0.1, 0.15) is 12.0 Å². The number of carbonyl (C=O) groups excluding carboxylic acids is 1. The summed E-state index contributed by atoms with van der Waals surface area (Å²) in [4.78, 5) is 16.4. The molecule has 25 heavy (non-hydrogen) atoms. The highest BCUT2D eigenvalue weighted by Crippen LogP contribution is 2.26. The summed E-state index contributed by atoms with van der Waals surface area (Å²) >= 11 is 3.46. The number of hydrogen-bond acceptors (Lipinski definition) is 5. The van der Waals surface area contributed by atoms with Gasteiger partial charge in [-0.1, -0.05) is 6.07 Å². The summed E-state index contributed by atoms with van der Waals surface area (Å²) < 4.78 is 28.6. The first-order valence-electron chi connectivity index (χ1n) is 8.29. The molecule has 140 valence electrons. The van der Waals surface area contributed by atoms with Crippen LogP contribution in [0.3, 0.4) is 0 Å². The number of sulfone groups is 1. The molecule has 0 aliphatic carbocycles. The van der Waals surface area contributed by atoms with Crippen molar-refractivity contribution in [3.63, 3.8) is 0 Å². The Bertz CT molecular complexity index is 701. The smallest absolute Gasteiger partial charge is 0.222 e. The van der Waals surface area contributed by atoms with Gasteiger partial charge in [-0.3, -0.25) is 9.69 Å². The lowest BCUT2D eigenvalue weighted by atomic mass is 10.1. The summed E-state index contributed by atoms with van der Waals surface area (Å²) in [6.07, 6.45) is 2.42. The fourth-order valence-corrected chi connectivity index (χ4v) is 3.97. The quantitative estimate of drug-likeness (QED) is 0.654. The van der Waals surface area contributed by atoms with Gasteiger partial charge in [-0.25, -0.2) is 8.42 Å². The van der Waals surface area contributed by atoms with E-state index in [1.54, 1.807) is 7.11 Å². The zero-order valence-electron chi connectivity index (χ0n) is 14.7. The van der Waals surface area contributed by atoms with Crippen molar-refractivity contribution in [3.8, 4) is 5.75 Å². The van der Waals surface area contributed by atoms with Gasteiger partial charge in [0, 0.05) is 45.4 Å². The molecule has 1 saturated heterocycles. The Balaban J connectivity index is 1.76. The third-order valence-electron chi connectivity index (χ3n) is 4.35. The molecule has 0 bridgehead atoms. The molecule has 8 heteroatoms. The van der Waals surface area contributed by atoms with Crippen LogP contribution in [0.2, 0.25) is 0 Å². The zero-order chi connectivity index (χ0) is 18.4. The van der Waals surface area contributed by atoms with Gasteiger partial charge in [0.2, 0.25) is 5.91 Å². The second-order valence-corrected chi connectivity index (χ2v) is 9.44. The van der Waals surface area contributed by atoms with Crippen molar-refractivity contribution in [2.45, 2.75) is 12.8 Å². The Morgan fingerprint density at radius 2 is 1.92 bits per heavy atom. The Hall–Kier alpha value is -1.12. The average Bonchev–Trinajstić information content (AvgIpc) is 2.58. The van der Waals surface area contributed by atoms with Gasteiger partial charge in [0.15, 0.2) is 0 Å². The minimum atomic E-state index is -2.94. The fourth-order valence-electron chi connectivity index (χ4n) is 2.79. The van der Waals surface area contributed by atoms with Crippen molar-refractivity contribution < 1.29 is 17.9 Å².